The van der Waals surface area contributed by atoms with Gasteiger partial charge in [0.15, 0.2) is 11.5 Å². The molecule has 8 heteroatoms. The van der Waals surface area contributed by atoms with Gasteiger partial charge in [-0.3, -0.25) is 4.79 Å². The molecule has 3 amide bonds. The van der Waals surface area contributed by atoms with Crippen molar-refractivity contribution in [2.75, 3.05) is 45.1 Å². The van der Waals surface area contributed by atoms with Crippen molar-refractivity contribution in [3.63, 3.8) is 0 Å². The first-order valence-corrected chi connectivity index (χ1v) is 8.71. The van der Waals surface area contributed by atoms with Crippen molar-refractivity contribution in [1.29, 1.82) is 0 Å². The van der Waals surface area contributed by atoms with E-state index in [0.717, 1.165) is 5.56 Å². The van der Waals surface area contributed by atoms with Crippen LogP contribution >= 0.6 is 0 Å². The Morgan fingerprint density at radius 3 is 2.32 bits per heavy atom. The number of nitrogens with one attached hydrogen (secondary N) is 3. The molecule has 0 fully saturated rings. The fourth-order valence-electron chi connectivity index (χ4n) is 2.52. The largest absolute Gasteiger partial charge is 0.493 e. The fraction of sp³-hybridized carbons (Fsp3) is 0.300. The van der Waals surface area contributed by atoms with Gasteiger partial charge < -0.3 is 30.2 Å². The lowest BCUT2D eigenvalue weighted by Gasteiger charge is -2.14. The standard InChI is InChI=1S/C20H25N3O5/c1-26-12-11-21-18(24)13-14-7-9-15(10-8-14)22-20(25)23-16-5-4-6-17(27-2)19(16)28-3/h4-10H,11-13H2,1-3H3,(H,21,24)(H2,22,23,25). The first-order chi connectivity index (χ1) is 13.6. The van der Waals surface area contributed by atoms with Crippen LogP contribution in [0.1, 0.15) is 5.56 Å². The van der Waals surface area contributed by atoms with Crippen molar-refractivity contribution in [3.05, 3.63) is 48.0 Å². The van der Waals surface area contributed by atoms with Crippen LogP contribution in [-0.4, -0.2) is 46.4 Å². The monoisotopic (exact) mass is 387 g/mol. The van der Waals surface area contributed by atoms with E-state index in [0.29, 0.717) is 36.0 Å². The maximum absolute atomic E-state index is 12.3. The molecule has 2 aromatic rings. The first-order valence-electron chi connectivity index (χ1n) is 8.71. The van der Waals surface area contributed by atoms with Gasteiger partial charge in [-0.15, -0.1) is 0 Å². The Balaban J connectivity index is 1.92. The van der Waals surface area contributed by atoms with Gasteiger partial charge in [-0.1, -0.05) is 18.2 Å². The van der Waals surface area contributed by atoms with Gasteiger partial charge in [0.1, 0.15) is 0 Å². The van der Waals surface area contributed by atoms with Gasteiger partial charge in [-0.05, 0) is 29.8 Å². The minimum Gasteiger partial charge on any atom is -0.493 e. The number of carbonyl (C=O) groups excluding carboxylic acids is 2. The summed E-state index contributed by atoms with van der Waals surface area (Å²) in [5.74, 6) is 0.879. The summed E-state index contributed by atoms with van der Waals surface area (Å²) < 4.78 is 15.4. The summed E-state index contributed by atoms with van der Waals surface area (Å²) in [7, 11) is 4.62. The van der Waals surface area contributed by atoms with E-state index in [1.807, 2.05) is 0 Å². The van der Waals surface area contributed by atoms with Crippen molar-refractivity contribution >= 4 is 23.3 Å². The molecule has 0 aliphatic carbocycles. The molecule has 0 aliphatic heterocycles. The lowest BCUT2D eigenvalue weighted by Crippen LogP contribution is -2.28. The van der Waals surface area contributed by atoms with Gasteiger partial charge in [0, 0.05) is 19.3 Å². The van der Waals surface area contributed by atoms with E-state index in [1.165, 1.54) is 14.2 Å². The number of para-hydroxylation sites is 1. The predicted octanol–water partition coefficient (Wildman–Crippen LogP) is 2.65. The molecule has 0 heterocycles. The highest BCUT2D eigenvalue weighted by molar-refractivity contribution is 6.01. The molecule has 0 atom stereocenters. The predicted molar refractivity (Wildman–Crippen MR) is 107 cm³/mol. The lowest BCUT2D eigenvalue weighted by molar-refractivity contribution is -0.120. The molecule has 3 N–H and O–H groups in total. The maximum atomic E-state index is 12.3. The van der Waals surface area contributed by atoms with E-state index < -0.39 is 6.03 Å². The number of benzene rings is 2. The zero-order chi connectivity index (χ0) is 20.4. The second kappa shape index (κ2) is 10.8. The highest BCUT2D eigenvalue weighted by Gasteiger charge is 2.12. The number of carbonyl (C=O) groups is 2. The zero-order valence-electron chi connectivity index (χ0n) is 16.2. The maximum Gasteiger partial charge on any atom is 0.323 e. The van der Waals surface area contributed by atoms with Gasteiger partial charge in [-0.2, -0.15) is 0 Å². The van der Waals surface area contributed by atoms with E-state index in [4.69, 9.17) is 14.2 Å². The summed E-state index contributed by atoms with van der Waals surface area (Å²) in [5.41, 5.74) is 1.93. The number of hydrogen-bond acceptors (Lipinski definition) is 5. The molecule has 0 bridgehead atoms. The number of rotatable bonds is 9. The molecule has 0 radical (unpaired) electrons. The van der Waals surface area contributed by atoms with Crippen LogP contribution in [0.4, 0.5) is 16.2 Å². The van der Waals surface area contributed by atoms with Crippen molar-refractivity contribution in [2.45, 2.75) is 6.42 Å². The molecule has 8 nitrogen and oxygen atoms in total. The topological polar surface area (TPSA) is 97.9 Å². The summed E-state index contributed by atoms with van der Waals surface area (Å²) in [6, 6.07) is 11.8. The molecular weight excluding hydrogens is 362 g/mol. The van der Waals surface area contributed by atoms with E-state index in [-0.39, 0.29) is 12.3 Å². The van der Waals surface area contributed by atoms with Crippen LogP contribution < -0.4 is 25.4 Å². The number of anilines is 2. The van der Waals surface area contributed by atoms with Gasteiger partial charge >= 0.3 is 6.03 Å². The average Bonchev–Trinajstić information content (AvgIpc) is 2.69. The van der Waals surface area contributed by atoms with Gasteiger partial charge in [0.2, 0.25) is 5.91 Å². The summed E-state index contributed by atoms with van der Waals surface area (Å²) in [6.45, 7) is 0.949. The van der Waals surface area contributed by atoms with Crippen LogP contribution in [0.5, 0.6) is 11.5 Å². The second-order valence-corrected chi connectivity index (χ2v) is 5.84. The molecule has 2 aromatic carbocycles. The van der Waals surface area contributed by atoms with Gasteiger partial charge in [-0.25, -0.2) is 4.79 Å². The summed E-state index contributed by atoms with van der Waals surface area (Å²) in [6.07, 6.45) is 0.261. The third-order valence-electron chi connectivity index (χ3n) is 3.86. The van der Waals surface area contributed by atoms with Crippen LogP contribution in [0.2, 0.25) is 0 Å². The fourth-order valence-corrected chi connectivity index (χ4v) is 2.52. The Kier molecular flexibility index (Phi) is 8.11. The van der Waals surface area contributed by atoms with Crippen LogP contribution in [-0.2, 0) is 16.0 Å². The molecule has 0 spiro atoms. The van der Waals surface area contributed by atoms with Crippen molar-refractivity contribution in [1.82, 2.24) is 5.32 Å². The quantitative estimate of drug-likeness (QED) is 0.575. The Hall–Kier alpha value is -3.26. The highest BCUT2D eigenvalue weighted by atomic mass is 16.5. The highest BCUT2D eigenvalue weighted by Crippen LogP contribution is 2.34. The van der Waals surface area contributed by atoms with Crippen LogP contribution in [0, 0.1) is 0 Å². The summed E-state index contributed by atoms with van der Waals surface area (Å²) in [5, 5.41) is 8.23. The van der Waals surface area contributed by atoms with Gasteiger partial charge in [0.25, 0.3) is 0 Å². The minimum atomic E-state index is -0.420. The number of hydrogen-bond donors (Lipinski definition) is 3. The summed E-state index contributed by atoms with van der Waals surface area (Å²) >= 11 is 0. The van der Waals surface area contributed by atoms with E-state index in [2.05, 4.69) is 16.0 Å². The third-order valence-corrected chi connectivity index (χ3v) is 3.86. The number of amides is 3. The van der Waals surface area contributed by atoms with E-state index in [1.54, 1.807) is 49.6 Å². The van der Waals surface area contributed by atoms with Crippen molar-refractivity contribution in [3.8, 4) is 11.5 Å². The molecule has 0 saturated heterocycles. The number of urea groups is 1. The van der Waals surface area contributed by atoms with E-state index >= 15 is 0 Å². The smallest absolute Gasteiger partial charge is 0.323 e. The lowest BCUT2D eigenvalue weighted by atomic mass is 10.1. The SMILES string of the molecule is COCCNC(=O)Cc1ccc(NC(=O)Nc2cccc(OC)c2OC)cc1. The van der Waals surface area contributed by atoms with Crippen LogP contribution in [0.15, 0.2) is 42.5 Å². The van der Waals surface area contributed by atoms with Crippen LogP contribution in [0.25, 0.3) is 0 Å². The third kappa shape index (κ3) is 6.17. The second-order valence-electron chi connectivity index (χ2n) is 5.84. The number of methoxy groups -OCH3 is 3. The molecule has 2 rings (SSSR count). The molecule has 28 heavy (non-hydrogen) atoms. The molecule has 150 valence electrons. The normalized spacial score (nSPS) is 10.1. The molecule has 0 aromatic heterocycles. The molecule has 0 unspecified atom stereocenters. The Morgan fingerprint density at radius 2 is 1.68 bits per heavy atom. The van der Waals surface area contributed by atoms with Crippen molar-refractivity contribution in [2.24, 2.45) is 0 Å². The van der Waals surface area contributed by atoms with Gasteiger partial charge in [0.05, 0.1) is 32.9 Å². The average molecular weight is 387 g/mol. The van der Waals surface area contributed by atoms with Crippen LogP contribution in [0.3, 0.4) is 0 Å². The molecule has 0 aliphatic rings. The molecule has 0 saturated carbocycles. The zero-order valence-corrected chi connectivity index (χ0v) is 16.2. The number of ether oxygens (including phenoxy) is 3. The summed E-state index contributed by atoms with van der Waals surface area (Å²) in [4.78, 5) is 24.1. The minimum absolute atomic E-state index is 0.0828. The Morgan fingerprint density at radius 1 is 0.929 bits per heavy atom. The Bertz CT molecular complexity index is 793. The van der Waals surface area contributed by atoms with E-state index in [9.17, 15) is 9.59 Å². The Labute approximate surface area is 164 Å². The molecular formula is C20H25N3O5. The first kappa shape index (κ1) is 21.0. The van der Waals surface area contributed by atoms with Crippen molar-refractivity contribution < 1.29 is 23.8 Å².